The molecular formula is C9H14BrF2NO5. The van der Waals surface area contributed by atoms with Gasteiger partial charge >= 0.3 is 22.6 Å². The van der Waals surface area contributed by atoms with Gasteiger partial charge in [-0.25, -0.2) is 9.59 Å². The topological polar surface area (TPSA) is 84.9 Å². The molecule has 0 spiro atoms. The number of amides is 1. The molecule has 0 aromatic rings. The molecule has 0 saturated carbocycles. The fourth-order valence-electron chi connectivity index (χ4n) is 0.837. The smallest absolute Gasteiger partial charge is 0.410 e. The van der Waals surface area contributed by atoms with Crippen LogP contribution in [0.15, 0.2) is 0 Å². The molecule has 0 aliphatic carbocycles. The summed E-state index contributed by atoms with van der Waals surface area (Å²) in [5.74, 6) is -1.74. The van der Waals surface area contributed by atoms with Gasteiger partial charge in [-0.1, -0.05) is 0 Å². The largest absolute Gasteiger partial charge is 0.465 e. The zero-order valence-electron chi connectivity index (χ0n) is 10.2. The molecule has 0 aliphatic rings. The molecule has 6 nitrogen and oxygen atoms in total. The first-order valence-electron chi connectivity index (χ1n) is 4.72. The van der Waals surface area contributed by atoms with Crippen LogP contribution in [0.3, 0.4) is 0 Å². The van der Waals surface area contributed by atoms with Crippen LogP contribution < -0.4 is 5.32 Å². The number of esters is 1. The van der Waals surface area contributed by atoms with Crippen LogP contribution in [0.4, 0.5) is 13.6 Å². The number of carbonyl (C=O) groups excluding carboxylic acids is 2. The van der Waals surface area contributed by atoms with Gasteiger partial charge in [0.15, 0.2) is 0 Å². The molecule has 1 unspecified atom stereocenters. The lowest BCUT2D eigenvalue weighted by Gasteiger charge is -2.30. The molecule has 0 aliphatic heterocycles. The van der Waals surface area contributed by atoms with E-state index in [0.717, 1.165) is 7.11 Å². The van der Waals surface area contributed by atoms with E-state index in [-0.39, 0.29) is 0 Å². The van der Waals surface area contributed by atoms with E-state index >= 15 is 0 Å². The third-order valence-corrected chi connectivity index (χ3v) is 2.15. The van der Waals surface area contributed by atoms with E-state index in [1.165, 1.54) is 26.1 Å². The Labute approximate surface area is 111 Å². The van der Waals surface area contributed by atoms with Crippen LogP contribution >= 0.6 is 15.9 Å². The van der Waals surface area contributed by atoms with Crippen molar-refractivity contribution in [3.63, 3.8) is 0 Å². The van der Waals surface area contributed by atoms with E-state index in [4.69, 9.17) is 0 Å². The predicted octanol–water partition coefficient (Wildman–Crippen LogP) is 1.36. The number of carbonyl (C=O) groups is 2. The number of hydrogen-bond acceptors (Lipinski definition) is 5. The molecule has 0 aromatic carbocycles. The predicted molar refractivity (Wildman–Crippen MR) is 60.2 cm³/mol. The standard InChI is InChI=1S/C9H14BrF2NO5/c1-7(2,3)18-6(15)13-8(16,5(14)17-4)9(10,11)12/h16H,1-4H3,(H,13,15). The number of alkyl halides is 3. The van der Waals surface area contributed by atoms with Gasteiger partial charge in [-0.15, -0.1) is 0 Å². The van der Waals surface area contributed by atoms with Gasteiger partial charge in [0, 0.05) is 0 Å². The maximum Gasteiger partial charge on any atom is 0.410 e. The highest BCUT2D eigenvalue weighted by atomic mass is 79.9. The van der Waals surface area contributed by atoms with E-state index in [2.05, 4.69) is 9.47 Å². The molecule has 0 radical (unpaired) electrons. The number of halogens is 3. The van der Waals surface area contributed by atoms with Crippen LogP contribution in [0.25, 0.3) is 0 Å². The van der Waals surface area contributed by atoms with Crippen molar-refractivity contribution in [2.45, 2.75) is 36.9 Å². The van der Waals surface area contributed by atoms with Gasteiger partial charge < -0.3 is 14.6 Å². The molecule has 0 bridgehead atoms. The summed E-state index contributed by atoms with van der Waals surface area (Å²) in [4.78, 5) is 18.3. The van der Waals surface area contributed by atoms with Gasteiger partial charge in [-0.2, -0.15) is 8.78 Å². The van der Waals surface area contributed by atoms with Gasteiger partial charge in [-0.3, -0.25) is 5.32 Å². The number of nitrogens with one attached hydrogen (secondary N) is 1. The first-order valence-corrected chi connectivity index (χ1v) is 5.51. The Morgan fingerprint density at radius 3 is 2.00 bits per heavy atom. The third kappa shape index (κ3) is 4.37. The Bertz CT molecular complexity index is 339. The number of hydrogen-bond donors (Lipinski definition) is 2. The monoisotopic (exact) mass is 333 g/mol. The van der Waals surface area contributed by atoms with Crippen molar-refractivity contribution in [3.8, 4) is 0 Å². The van der Waals surface area contributed by atoms with Crippen LogP contribution in [0.5, 0.6) is 0 Å². The van der Waals surface area contributed by atoms with Gasteiger partial charge in [0.2, 0.25) is 0 Å². The summed E-state index contributed by atoms with van der Waals surface area (Å²) in [6.07, 6.45) is -1.39. The summed E-state index contributed by atoms with van der Waals surface area (Å²) in [7, 11) is 0.781. The van der Waals surface area contributed by atoms with Crippen molar-refractivity contribution in [1.29, 1.82) is 0 Å². The maximum atomic E-state index is 13.1. The minimum atomic E-state index is -4.13. The second kappa shape index (κ2) is 5.35. The molecule has 1 amide bonds. The molecule has 0 fully saturated rings. The Kier molecular flexibility index (Phi) is 5.07. The quantitative estimate of drug-likeness (QED) is 0.462. The van der Waals surface area contributed by atoms with E-state index < -0.39 is 28.2 Å². The minimum Gasteiger partial charge on any atom is -0.465 e. The summed E-state index contributed by atoms with van der Waals surface area (Å²) < 4.78 is 34.8. The van der Waals surface area contributed by atoms with Crippen molar-refractivity contribution >= 4 is 28.0 Å². The van der Waals surface area contributed by atoms with Crippen molar-refractivity contribution in [2.75, 3.05) is 7.11 Å². The lowest BCUT2D eigenvalue weighted by Crippen LogP contribution is -2.64. The molecular weight excluding hydrogens is 320 g/mol. The number of ether oxygens (including phenoxy) is 2. The normalized spacial score (nSPS) is 15.6. The Balaban J connectivity index is 5.06. The summed E-state index contributed by atoms with van der Waals surface area (Å²) in [5, 5.41) is 10.9. The summed E-state index contributed by atoms with van der Waals surface area (Å²) >= 11 is 1.80. The van der Waals surface area contributed by atoms with Crippen LogP contribution in [0, 0.1) is 0 Å². The van der Waals surface area contributed by atoms with Crippen molar-refractivity contribution in [3.05, 3.63) is 0 Å². The fourth-order valence-corrected chi connectivity index (χ4v) is 1.10. The van der Waals surface area contributed by atoms with Gasteiger partial charge in [0.1, 0.15) is 5.60 Å². The number of alkyl carbamates (subject to hydrolysis) is 1. The maximum absolute atomic E-state index is 13.1. The number of methoxy groups -OCH3 is 1. The SMILES string of the molecule is COC(=O)C(O)(NC(=O)OC(C)(C)C)C(F)(F)Br. The molecule has 2 N–H and O–H groups in total. The van der Waals surface area contributed by atoms with Crippen molar-refractivity contribution in [1.82, 2.24) is 5.32 Å². The fraction of sp³-hybridized carbons (Fsp3) is 0.778. The Morgan fingerprint density at radius 2 is 1.72 bits per heavy atom. The minimum absolute atomic E-state index is 0.781. The van der Waals surface area contributed by atoms with Crippen LogP contribution in [0.2, 0.25) is 0 Å². The summed E-state index contributed by atoms with van der Waals surface area (Å²) in [6, 6.07) is 0. The summed E-state index contributed by atoms with van der Waals surface area (Å²) in [6.45, 7) is 4.45. The average molecular weight is 334 g/mol. The van der Waals surface area contributed by atoms with Crippen LogP contribution in [0.1, 0.15) is 20.8 Å². The zero-order valence-corrected chi connectivity index (χ0v) is 11.8. The molecule has 0 rings (SSSR count). The van der Waals surface area contributed by atoms with Gasteiger partial charge in [-0.05, 0) is 36.7 Å². The van der Waals surface area contributed by atoms with E-state index in [1.54, 1.807) is 15.9 Å². The average Bonchev–Trinajstić information content (AvgIpc) is 2.11. The summed E-state index contributed by atoms with van der Waals surface area (Å²) in [5.41, 5.74) is -4.55. The van der Waals surface area contributed by atoms with E-state index in [0.29, 0.717) is 0 Å². The van der Waals surface area contributed by atoms with E-state index in [1.807, 2.05) is 0 Å². The Hall–Kier alpha value is -0.960. The molecule has 1 atom stereocenters. The second-order valence-electron chi connectivity index (χ2n) is 4.33. The number of aliphatic hydroxyl groups is 1. The highest BCUT2D eigenvalue weighted by Crippen LogP contribution is 2.34. The molecule has 0 heterocycles. The molecule has 18 heavy (non-hydrogen) atoms. The molecule has 0 saturated heterocycles. The van der Waals surface area contributed by atoms with Gasteiger partial charge in [0.25, 0.3) is 0 Å². The lowest BCUT2D eigenvalue weighted by molar-refractivity contribution is -0.191. The molecule has 0 aromatic heterocycles. The third-order valence-electron chi connectivity index (χ3n) is 1.57. The van der Waals surface area contributed by atoms with E-state index in [9.17, 15) is 23.5 Å². The lowest BCUT2D eigenvalue weighted by atomic mass is 10.2. The van der Waals surface area contributed by atoms with Crippen molar-refractivity contribution < 1.29 is 33.0 Å². The Morgan fingerprint density at radius 1 is 1.28 bits per heavy atom. The molecule has 9 heteroatoms. The number of rotatable bonds is 3. The first kappa shape index (κ1) is 17.0. The molecule has 106 valence electrons. The van der Waals surface area contributed by atoms with Gasteiger partial charge in [0.05, 0.1) is 7.11 Å². The highest BCUT2D eigenvalue weighted by molar-refractivity contribution is 9.10. The zero-order chi connectivity index (χ0) is 14.8. The van der Waals surface area contributed by atoms with Crippen molar-refractivity contribution in [2.24, 2.45) is 0 Å². The van der Waals surface area contributed by atoms with Crippen LogP contribution in [-0.4, -0.2) is 40.4 Å². The van der Waals surface area contributed by atoms with Crippen LogP contribution in [-0.2, 0) is 14.3 Å². The first-order chi connectivity index (χ1) is 7.83. The highest BCUT2D eigenvalue weighted by Gasteiger charge is 2.60. The second-order valence-corrected chi connectivity index (χ2v) is 5.32.